The predicted octanol–water partition coefficient (Wildman–Crippen LogP) is 0.455. The van der Waals surface area contributed by atoms with Gasteiger partial charge < -0.3 is 10.2 Å². The summed E-state index contributed by atoms with van der Waals surface area (Å²) >= 11 is 5.22. The van der Waals surface area contributed by atoms with E-state index in [0.717, 1.165) is 0 Å². The van der Waals surface area contributed by atoms with Crippen LogP contribution in [0.2, 0.25) is 0 Å². The highest BCUT2D eigenvalue weighted by Gasteiger charge is 2.47. The second-order valence-corrected chi connectivity index (χ2v) is 7.38. The summed E-state index contributed by atoms with van der Waals surface area (Å²) in [6.07, 6.45) is 0. The van der Waals surface area contributed by atoms with Crippen molar-refractivity contribution in [3.63, 3.8) is 0 Å². The molecule has 0 aliphatic carbocycles. The molecule has 2 saturated heterocycles. The molecule has 0 spiro atoms. The average molecular weight is 313 g/mol. The molecule has 20 heavy (non-hydrogen) atoms. The van der Waals surface area contributed by atoms with Gasteiger partial charge in [0.1, 0.15) is 0 Å². The zero-order chi connectivity index (χ0) is 14.5. The Morgan fingerprint density at radius 2 is 1.95 bits per heavy atom. The molecule has 0 aromatic heterocycles. The van der Waals surface area contributed by atoms with Gasteiger partial charge in [0, 0.05) is 17.8 Å². The third-order valence-corrected chi connectivity index (χ3v) is 5.55. The van der Waals surface area contributed by atoms with E-state index in [9.17, 15) is 18.5 Å². The summed E-state index contributed by atoms with van der Waals surface area (Å²) in [5, 5.41) is 14.1. The third-order valence-electron chi connectivity index (χ3n) is 3.52. The average Bonchev–Trinajstić information content (AvgIpc) is 2.79. The highest BCUT2D eigenvalue weighted by Crippen LogP contribution is 2.30. The van der Waals surface area contributed by atoms with Crippen LogP contribution < -0.4 is 10.2 Å². The lowest BCUT2D eigenvalue weighted by Crippen LogP contribution is -2.36. The SMILES string of the molecule is O=[N+]([O-])c1ccc(N2C(=S)N[C@H]3CS(=O)(=O)C[C@@H]32)cc1. The van der Waals surface area contributed by atoms with E-state index in [1.807, 2.05) is 0 Å². The topological polar surface area (TPSA) is 92.6 Å². The van der Waals surface area contributed by atoms with Crippen LogP contribution in [0.1, 0.15) is 0 Å². The van der Waals surface area contributed by atoms with E-state index in [-0.39, 0.29) is 29.3 Å². The van der Waals surface area contributed by atoms with Crippen LogP contribution in [0.5, 0.6) is 0 Å². The Bertz CT molecular complexity index is 686. The van der Waals surface area contributed by atoms with E-state index >= 15 is 0 Å². The minimum Gasteiger partial charge on any atom is -0.356 e. The third kappa shape index (κ3) is 2.12. The number of sulfone groups is 1. The molecule has 2 fully saturated rings. The van der Waals surface area contributed by atoms with Crippen molar-refractivity contribution < 1.29 is 13.3 Å². The Morgan fingerprint density at radius 1 is 1.30 bits per heavy atom. The van der Waals surface area contributed by atoms with Gasteiger partial charge in [-0.3, -0.25) is 10.1 Å². The Hall–Kier alpha value is -1.74. The molecule has 1 N–H and O–H groups in total. The van der Waals surface area contributed by atoms with Crippen LogP contribution in [-0.4, -0.2) is 42.0 Å². The second kappa shape index (κ2) is 4.38. The van der Waals surface area contributed by atoms with Gasteiger partial charge in [0.2, 0.25) is 0 Å². The maximum atomic E-state index is 11.7. The number of nitro benzene ring substituents is 1. The number of nitrogens with zero attached hydrogens (tertiary/aromatic N) is 2. The lowest BCUT2D eigenvalue weighted by atomic mass is 10.1. The summed E-state index contributed by atoms with van der Waals surface area (Å²) in [6, 6.07) is 5.49. The molecule has 2 aliphatic heterocycles. The van der Waals surface area contributed by atoms with E-state index in [4.69, 9.17) is 12.2 Å². The molecule has 2 heterocycles. The Kier molecular flexibility index (Phi) is 2.91. The first kappa shape index (κ1) is 13.3. The summed E-state index contributed by atoms with van der Waals surface area (Å²) in [7, 11) is -3.06. The Morgan fingerprint density at radius 3 is 2.55 bits per heavy atom. The van der Waals surface area contributed by atoms with Crippen molar-refractivity contribution in [1.29, 1.82) is 0 Å². The van der Waals surface area contributed by atoms with Crippen LogP contribution in [0.25, 0.3) is 0 Å². The molecule has 2 aliphatic rings. The van der Waals surface area contributed by atoms with E-state index in [1.54, 1.807) is 17.0 Å². The molecule has 0 amide bonds. The number of fused-ring (bicyclic) bond motifs is 1. The van der Waals surface area contributed by atoms with Gasteiger partial charge in [0.05, 0.1) is 28.5 Å². The van der Waals surface area contributed by atoms with Gasteiger partial charge in [-0.2, -0.15) is 0 Å². The monoisotopic (exact) mass is 313 g/mol. The Balaban J connectivity index is 1.93. The molecule has 0 saturated carbocycles. The van der Waals surface area contributed by atoms with Crippen LogP contribution in [0.3, 0.4) is 0 Å². The van der Waals surface area contributed by atoms with Crippen LogP contribution in [0.4, 0.5) is 11.4 Å². The van der Waals surface area contributed by atoms with Crippen molar-refractivity contribution in [2.75, 3.05) is 16.4 Å². The van der Waals surface area contributed by atoms with Gasteiger partial charge in [-0.05, 0) is 24.4 Å². The van der Waals surface area contributed by atoms with Crippen molar-refractivity contribution in [2.45, 2.75) is 12.1 Å². The predicted molar refractivity (Wildman–Crippen MR) is 77.5 cm³/mol. The quantitative estimate of drug-likeness (QED) is 0.481. The van der Waals surface area contributed by atoms with Gasteiger partial charge in [-0.25, -0.2) is 8.42 Å². The molecule has 3 rings (SSSR count). The molecule has 1 aromatic carbocycles. The van der Waals surface area contributed by atoms with E-state index in [0.29, 0.717) is 10.8 Å². The van der Waals surface area contributed by atoms with Gasteiger partial charge in [0.25, 0.3) is 5.69 Å². The number of non-ortho nitro benzene ring substituents is 1. The normalized spacial score (nSPS) is 27.2. The van der Waals surface area contributed by atoms with E-state index in [2.05, 4.69) is 5.32 Å². The van der Waals surface area contributed by atoms with Crippen molar-refractivity contribution in [3.8, 4) is 0 Å². The second-order valence-electron chi connectivity index (χ2n) is 4.84. The van der Waals surface area contributed by atoms with Crippen molar-refractivity contribution >= 4 is 38.5 Å². The molecule has 9 heteroatoms. The summed E-state index contributed by atoms with van der Waals surface area (Å²) < 4.78 is 23.3. The number of benzene rings is 1. The van der Waals surface area contributed by atoms with Crippen LogP contribution >= 0.6 is 12.2 Å². The summed E-state index contributed by atoms with van der Waals surface area (Å²) in [4.78, 5) is 11.9. The molecule has 106 valence electrons. The summed E-state index contributed by atoms with van der Waals surface area (Å²) in [6.45, 7) is 0. The first-order valence-electron chi connectivity index (χ1n) is 5.92. The molecular weight excluding hydrogens is 302 g/mol. The molecular formula is C11H11N3O4S2. The molecule has 2 atom stereocenters. The lowest BCUT2D eigenvalue weighted by molar-refractivity contribution is -0.384. The number of rotatable bonds is 2. The first-order chi connectivity index (χ1) is 9.37. The number of hydrogen-bond donors (Lipinski definition) is 1. The van der Waals surface area contributed by atoms with Gasteiger partial charge in [-0.1, -0.05) is 0 Å². The van der Waals surface area contributed by atoms with Crippen molar-refractivity contribution in [3.05, 3.63) is 34.4 Å². The standard InChI is InChI=1S/C11H11N3O4S2/c15-14(16)8-3-1-7(2-4-8)13-10-6-20(17,18)5-9(10)12-11(13)19/h1-4,9-10H,5-6H2,(H,12,19)/t9-,10-/m0/s1. The first-order valence-corrected chi connectivity index (χ1v) is 8.15. The largest absolute Gasteiger partial charge is 0.356 e. The highest BCUT2D eigenvalue weighted by atomic mass is 32.2. The van der Waals surface area contributed by atoms with Gasteiger partial charge in [-0.15, -0.1) is 0 Å². The number of nitro groups is 1. The fraction of sp³-hybridized carbons (Fsp3) is 0.364. The zero-order valence-electron chi connectivity index (χ0n) is 10.2. The maximum Gasteiger partial charge on any atom is 0.269 e. The minimum absolute atomic E-state index is 0.0117. The maximum absolute atomic E-state index is 11.7. The molecule has 0 radical (unpaired) electrons. The molecule has 1 aromatic rings. The zero-order valence-corrected chi connectivity index (χ0v) is 11.9. The lowest BCUT2D eigenvalue weighted by Gasteiger charge is -2.23. The number of thiocarbonyl (C=S) groups is 1. The molecule has 0 unspecified atom stereocenters. The summed E-state index contributed by atoms with van der Waals surface area (Å²) in [5.41, 5.74) is 0.653. The van der Waals surface area contributed by atoms with Crippen LogP contribution in [0.15, 0.2) is 24.3 Å². The summed E-state index contributed by atoms with van der Waals surface area (Å²) in [5.74, 6) is 0.114. The smallest absolute Gasteiger partial charge is 0.269 e. The van der Waals surface area contributed by atoms with Crippen LogP contribution in [0, 0.1) is 10.1 Å². The van der Waals surface area contributed by atoms with Crippen LogP contribution in [-0.2, 0) is 9.84 Å². The minimum atomic E-state index is -3.06. The fourth-order valence-corrected chi connectivity index (χ4v) is 4.93. The molecule has 7 nitrogen and oxygen atoms in total. The van der Waals surface area contributed by atoms with Gasteiger partial charge in [0.15, 0.2) is 14.9 Å². The number of anilines is 1. The fourth-order valence-electron chi connectivity index (χ4n) is 2.64. The molecule has 0 bridgehead atoms. The van der Waals surface area contributed by atoms with Crippen molar-refractivity contribution in [2.24, 2.45) is 0 Å². The van der Waals surface area contributed by atoms with E-state index in [1.165, 1.54) is 12.1 Å². The number of nitrogens with one attached hydrogen (secondary N) is 1. The van der Waals surface area contributed by atoms with E-state index < -0.39 is 14.8 Å². The number of hydrogen-bond acceptors (Lipinski definition) is 5. The van der Waals surface area contributed by atoms with Crippen molar-refractivity contribution in [1.82, 2.24) is 5.32 Å². The Labute approximate surface area is 120 Å². The highest BCUT2D eigenvalue weighted by molar-refractivity contribution is 7.91. The van der Waals surface area contributed by atoms with Gasteiger partial charge >= 0.3 is 0 Å².